The second kappa shape index (κ2) is 4.35. The van der Waals surface area contributed by atoms with Crippen molar-refractivity contribution in [2.75, 3.05) is 18.0 Å². The van der Waals surface area contributed by atoms with Crippen LogP contribution in [-0.4, -0.2) is 13.1 Å². The standard InChI is InChI=1S/C13H15ClN2/c1-9-7-16(8-10(9)2)13-4-3-11(6-15)5-12(13)14/h3-5,9-10H,7-8H2,1-2H3. The third kappa shape index (κ3) is 2.01. The average molecular weight is 235 g/mol. The summed E-state index contributed by atoms with van der Waals surface area (Å²) in [6.07, 6.45) is 0. The summed E-state index contributed by atoms with van der Waals surface area (Å²) in [4.78, 5) is 2.30. The molecular weight excluding hydrogens is 220 g/mol. The zero-order chi connectivity index (χ0) is 11.7. The monoisotopic (exact) mass is 234 g/mol. The highest BCUT2D eigenvalue weighted by molar-refractivity contribution is 6.33. The summed E-state index contributed by atoms with van der Waals surface area (Å²) >= 11 is 6.19. The minimum atomic E-state index is 0.619. The Morgan fingerprint density at radius 1 is 1.31 bits per heavy atom. The van der Waals surface area contributed by atoms with Crippen molar-refractivity contribution in [2.24, 2.45) is 11.8 Å². The van der Waals surface area contributed by atoms with Crippen molar-refractivity contribution in [1.82, 2.24) is 0 Å². The molecule has 0 aliphatic carbocycles. The number of benzene rings is 1. The lowest BCUT2D eigenvalue weighted by atomic mass is 10.0. The summed E-state index contributed by atoms with van der Waals surface area (Å²) in [5.74, 6) is 1.40. The fourth-order valence-electron chi connectivity index (χ4n) is 2.16. The van der Waals surface area contributed by atoms with Gasteiger partial charge in [-0.1, -0.05) is 25.4 Å². The quantitative estimate of drug-likeness (QED) is 0.746. The zero-order valence-electron chi connectivity index (χ0n) is 9.57. The maximum atomic E-state index is 8.78. The minimum absolute atomic E-state index is 0.619. The van der Waals surface area contributed by atoms with Gasteiger partial charge in [0.05, 0.1) is 22.3 Å². The van der Waals surface area contributed by atoms with Gasteiger partial charge in [-0.25, -0.2) is 0 Å². The number of rotatable bonds is 1. The molecule has 0 aromatic heterocycles. The van der Waals surface area contributed by atoms with E-state index in [1.54, 1.807) is 6.07 Å². The SMILES string of the molecule is CC1CN(c2ccc(C#N)cc2Cl)CC1C. The van der Waals surface area contributed by atoms with Crippen LogP contribution in [0.2, 0.25) is 5.02 Å². The van der Waals surface area contributed by atoms with Gasteiger partial charge in [0.15, 0.2) is 0 Å². The normalized spacial score (nSPS) is 24.5. The maximum Gasteiger partial charge on any atom is 0.0992 e. The average Bonchev–Trinajstić information content (AvgIpc) is 2.58. The smallest absolute Gasteiger partial charge is 0.0992 e. The molecule has 84 valence electrons. The summed E-state index contributed by atoms with van der Waals surface area (Å²) in [7, 11) is 0. The number of nitriles is 1. The van der Waals surface area contributed by atoms with E-state index in [-0.39, 0.29) is 0 Å². The predicted molar refractivity (Wildman–Crippen MR) is 66.7 cm³/mol. The molecule has 0 radical (unpaired) electrons. The summed E-state index contributed by atoms with van der Waals surface area (Å²) in [6, 6.07) is 7.62. The van der Waals surface area contributed by atoms with Gasteiger partial charge in [0, 0.05) is 13.1 Å². The zero-order valence-corrected chi connectivity index (χ0v) is 10.3. The molecule has 0 amide bonds. The molecule has 1 aliphatic rings. The van der Waals surface area contributed by atoms with Gasteiger partial charge in [-0.2, -0.15) is 5.26 Å². The van der Waals surface area contributed by atoms with Crippen LogP contribution < -0.4 is 4.90 Å². The molecule has 1 aromatic rings. The van der Waals surface area contributed by atoms with E-state index in [1.807, 2.05) is 12.1 Å². The topological polar surface area (TPSA) is 27.0 Å². The van der Waals surface area contributed by atoms with Crippen molar-refractivity contribution in [3.05, 3.63) is 28.8 Å². The summed E-state index contributed by atoms with van der Waals surface area (Å²) < 4.78 is 0. The molecule has 0 N–H and O–H groups in total. The highest BCUT2D eigenvalue weighted by Gasteiger charge is 2.27. The lowest BCUT2D eigenvalue weighted by Gasteiger charge is -2.19. The molecular formula is C13H15ClN2. The number of nitrogens with zero attached hydrogens (tertiary/aromatic N) is 2. The van der Waals surface area contributed by atoms with E-state index in [4.69, 9.17) is 16.9 Å². The Labute approximate surface area is 101 Å². The Morgan fingerprint density at radius 2 is 1.94 bits per heavy atom. The van der Waals surface area contributed by atoms with Crippen molar-refractivity contribution < 1.29 is 0 Å². The van der Waals surface area contributed by atoms with Crippen molar-refractivity contribution in [3.8, 4) is 6.07 Å². The molecule has 1 aromatic carbocycles. The van der Waals surface area contributed by atoms with Gasteiger partial charge >= 0.3 is 0 Å². The Kier molecular flexibility index (Phi) is 3.07. The van der Waals surface area contributed by atoms with Crippen molar-refractivity contribution in [3.63, 3.8) is 0 Å². The van der Waals surface area contributed by atoms with Gasteiger partial charge in [-0.05, 0) is 30.0 Å². The van der Waals surface area contributed by atoms with Gasteiger partial charge in [-0.3, -0.25) is 0 Å². The first-order chi connectivity index (χ1) is 7.61. The molecule has 16 heavy (non-hydrogen) atoms. The van der Waals surface area contributed by atoms with Crippen molar-refractivity contribution in [2.45, 2.75) is 13.8 Å². The molecule has 3 heteroatoms. The summed E-state index contributed by atoms with van der Waals surface area (Å²) in [6.45, 7) is 6.63. The Balaban J connectivity index is 2.26. The first-order valence-corrected chi connectivity index (χ1v) is 5.94. The maximum absolute atomic E-state index is 8.78. The van der Waals surface area contributed by atoms with Crippen LogP contribution in [0.1, 0.15) is 19.4 Å². The second-order valence-electron chi connectivity index (χ2n) is 4.64. The highest BCUT2D eigenvalue weighted by Crippen LogP contribution is 2.33. The molecule has 1 heterocycles. The Hall–Kier alpha value is -1.20. The third-order valence-electron chi connectivity index (χ3n) is 3.41. The number of anilines is 1. The van der Waals surface area contributed by atoms with E-state index >= 15 is 0 Å². The number of hydrogen-bond donors (Lipinski definition) is 0. The van der Waals surface area contributed by atoms with E-state index in [0.29, 0.717) is 22.4 Å². The lowest BCUT2D eigenvalue weighted by Crippen LogP contribution is -2.19. The Morgan fingerprint density at radius 3 is 2.44 bits per heavy atom. The first kappa shape index (κ1) is 11.3. The van der Waals surface area contributed by atoms with Gasteiger partial charge in [0.25, 0.3) is 0 Å². The van der Waals surface area contributed by atoms with Crippen LogP contribution in [0.5, 0.6) is 0 Å². The largest absolute Gasteiger partial charge is 0.370 e. The number of hydrogen-bond acceptors (Lipinski definition) is 2. The second-order valence-corrected chi connectivity index (χ2v) is 5.04. The van der Waals surface area contributed by atoms with Crippen LogP contribution in [0.4, 0.5) is 5.69 Å². The fraction of sp³-hybridized carbons (Fsp3) is 0.462. The molecule has 0 saturated carbocycles. The van der Waals surface area contributed by atoms with Crippen LogP contribution in [0.3, 0.4) is 0 Å². The van der Waals surface area contributed by atoms with Crippen LogP contribution in [-0.2, 0) is 0 Å². The molecule has 2 nitrogen and oxygen atoms in total. The summed E-state index contributed by atoms with van der Waals surface area (Å²) in [5, 5.41) is 9.46. The summed E-state index contributed by atoms with van der Waals surface area (Å²) in [5.41, 5.74) is 1.67. The van der Waals surface area contributed by atoms with Gasteiger partial charge in [0.1, 0.15) is 0 Å². The van der Waals surface area contributed by atoms with Crippen LogP contribution >= 0.6 is 11.6 Å². The van der Waals surface area contributed by atoms with Crippen molar-refractivity contribution in [1.29, 1.82) is 5.26 Å². The highest BCUT2D eigenvalue weighted by atomic mass is 35.5. The van der Waals surface area contributed by atoms with Gasteiger partial charge < -0.3 is 4.90 Å². The lowest BCUT2D eigenvalue weighted by molar-refractivity contribution is 0.494. The Bertz CT molecular complexity index is 426. The third-order valence-corrected chi connectivity index (χ3v) is 3.71. The fourth-order valence-corrected chi connectivity index (χ4v) is 2.46. The molecule has 2 unspecified atom stereocenters. The van der Waals surface area contributed by atoms with Crippen LogP contribution in [0.15, 0.2) is 18.2 Å². The molecule has 1 fully saturated rings. The molecule has 0 bridgehead atoms. The van der Waals surface area contributed by atoms with Crippen molar-refractivity contribution >= 4 is 17.3 Å². The minimum Gasteiger partial charge on any atom is -0.370 e. The molecule has 1 saturated heterocycles. The van der Waals surface area contributed by atoms with Crippen LogP contribution in [0.25, 0.3) is 0 Å². The van der Waals surface area contributed by atoms with E-state index in [2.05, 4.69) is 24.8 Å². The predicted octanol–water partition coefficient (Wildman–Crippen LogP) is 3.30. The van der Waals surface area contributed by atoms with E-state index in [1.165, 1.54) is 0 Å². The van der Waals surface area contributed by atoms with E-state index in [9.17, 15) is 0 Å². The molecule has 1 aliphatic heterocycles. The van der Waals surface area contributed by atoms with Crippen LogP contribution in [0, 0.1) is 23.2 Å². The van der Waals surface area contributed by atoms with E-state index < -0.39 is 0 Å². The van der Waals surface area contributed by atoms with Gasteiger partial charge in [-0.15, -0.1) is 0 Å². The number of halogens is 1. The molecule has 2 rings (SSSR count). The molecule has 2 atom stereocenters. The molecule has 0 spiro atoms. The van der Waals surface area contributed by atoms with E-state index in [0.717, 1.165) is 18.8 Å². The first-order valence-electron chi connectivity index (χ1n) is 5.56. The van der Waals surface area contributed by atoms with Gasteiger partial charge in [0.2, 0.25) is 0 Å².